The first kappa shape index (κ1) is 20.6. The number of nitrogens with zero attached hydrogens (tertiary/aromatic N) is 2. The topological polar surface area (TPSA) is 119 Å². The molecule has 2 amide bonds. The van der Waals surface area contributed by atoms with Crippen LogP contribution in [-0.4, -0.2) is 56.4 Å². The number of nitrogens with one attached hydrogen (secondary N) is 2. The number of carbonyl (C=O) groups excluding carboxylic acids is 2. The summed E-state index contributed by atoms with van der Waals surface area (Å²) in [5, 5.41) is 5.90. The first-order chi connectivity index (χ1) is 14.1. The normalized spacial score (nSPS) is 15.7. The van der Waals surface area contributed by atoms with E-state index in [0.29, 0.717) is 35.9 Å². The molecule has 1 fully saturated rings. The van der Waals surface area contributed by atoms with Gasteiger partial charge in [-0.25, -0.2) is 9.78 Å². The molecule has 154 valence electrons. The van der Waals surface area contributed by atoms with Gasteiger partial charge < -0.3 is 25.8 Å². The highest BCUT2D eigenvalue weighted by Gasteiger charge is 2.24. The maximum Gasteiger partial charge on any atom is 0.415 e. The van der Waals surface area contributed by atoms with Crippen molar-refractivity contribution in [3.63, 3.8) is 0 Å². The van der Waals surface area contributed by atoms with Crippen LogP contribution in [0.1, 0.15) is 16.8 Å². The Bertz CT molecular complexity index is 837. The molecule has 2 heterocycles. The van der Waals surface area contributed by atoms with Gasteiger partial charge in [0.05, 0.1) is 30.1 Å². The molecule has 3 rings (SSSR count). The lowest BCUT2D eigenvalue weighted by Gasteiger charge is -2.23. The molecule has 2 aromatic rings. The van der Waals surface area contributed by atoms with E-state index in [1.165, 1.54) is 11.1 Å². The van der Waals surface area contributed by atoms with Crippen LogP contribution in [0.5, 0.6) is 0 Å². The van der Waals surface area contributed by atoms with Crippen molar-refractivity contribution in [2.75, 3.05) is 49.3 Å². The largest absolute Gasteiger partial charge is 0.444 e. The highest BCUT2D eigenvalue weighted by Crippen LogP contribution is 2.19. The molecule has 0 radical (unpaired) electrons. The maximum absolute atomic E-state index is 12.6. The molecule has 0 aliphatic carbocycles. The zero-order valence-electron chi connectivity index (χ0n) is 16.3. The van der Waals surface area contributed by atoms with Crippen LogP contribution in [0.4, 0.5) is 22.0 Å². The molecule has 9 nitrogen and oxygen atoms in total. The molecule has 29 heavy (non-hydrogen) atoms. The van der Waals surface area contributed by atoms with E-state index in [-0.39, 0.29) is 18.6 Å². The SMILES string of the molecule is COCCN(C(=O)O[C@@H]1CCNC1)c1ccc(C(=O)Nc2ccccc2N)cn1. The number of hydrogen-bond donors (Lipinski definition) is 3. The van der Waals surface area contributed by atoms with Crippen LogP contribution in [0.15, 0.2) is 42.6 Å². The monoisotopic (exact) mass is 399 g/mol. The first-order valence-corrected chi connectivity index (χ1v) is 9.38. The molecule has 1 aromatic heterocycles. The van der Waals surface area contributed by atoms with Crippen LogP contribution in [0.2, 0.25) is 0 Å². The van der Waals surface area contributed by atoms with Crippen molar-refractivity contribution >= 4 is 29.2 Å². The van der Waals surface area contributed by atoms with Gasteiger partial charge >= 0.3 is 6.09 Å². The van der Waals surface area contributed by atoms with E-state index >= 15 is 0 Å². The van der Waals surface area contributed by atoms with Gasteiger partial charge in [0.1, 0.15) is 11.9 Å². The molecule has 1 aromatic carbocycles. The zero-order valence-corrected chi connectivity index (χ0v) is 16.3. The number of pyridine rings is 1. The number of methoxy groups -OCH3 is 1. The van der Waals surface area contributed by atoms with E-state index in [1.54, 1.807) is 43.5 Å². The summed E-state index contributed by atoms with van der Waals surface area (Å²) >= 11 is 0. The van der Waals surface area contributed by atoms with Crippen molar-refractivity contribution in [1.29, 1.82) is 0 Å². The van der Waals surface area contributed by atoms with Gasteiger partial charge in [-0.3, -0.25) is 9.69 Å². The number of hydrogen-bond acceptors (Lipinski definition) is 7. The first-order valence-electron chi connectivity index (χ1n) is 9.38. The Balaban J connectivity index is 1.69. The lowest BCUT2D eigenvalue weighted by atomic mass is 10.2. The Labute approximate surface area is 169 Å². The second-order valence-electron chi connectivity index (χ2n) is 6.59. The number of anilines is 3. The highest BCUT2D eigenvalue weighted by atomic mass is 16.6. The third-order valence-electron chi connectivity index (χ3n) is 4.52. The van der Waals surface area contributed by atoms with E-state index in [0.717, 1.165) is 13.0 Å². The number of aromatic nitrogens is 1. The predicted molar refractivity (Wildman–Crippen MR) is 110 cm³/mol. The average Bonchev–Trinajstić information content (AvgIpc) is 3.23. The van der Waals surface area contributed by atoms with Gasteiger partial charge in [0.25, 0.3) is 5.91 Å². The molecule has 0 saturated carbocycles. The van der Waals surface area contributed by atoms with Crippen molar-refractivity contribution < 1.29 is 19.1 Å². The fourth-order valence-corrected chi connectivity index (χ4v) is 2.90. The zero-order chi connectivity index (χ0) is 20.6. The summed E-state index contributed by atoms with van der Waals surface area (Å²) in [6.07, 6.45) is 1.54. The average molecular weight is 399 g/mol. The second kappa shape index (κ2) is 9.85. The molecule has 1 aliphatic rings. The number of benzene rings is 1. The van der Waals surface area contributed by atoms with E-state index in [9.17, 15) is 9.59 Å². The number of nitrogens with two attached hydrogens (primary N) is 1. The van der Waals surface area contributed by atoms with E-state index in [2.05, 4.69) is 15.6 Å². The van der Waals surface area contributed by atoms with Gasteiger partial charge in [-0.1, -0.05) is 12.1 Å². The number of para-hydroxylation sites is 2. The summed E-state index contributed by atoms with van der Waals surface area (Å²) in [7, 11) is 1.56. The van der Waals surface area contributed by atoms with Gasteiger partial charge in [0.15, 0.2) is 0 Å². The Morgan fingerprint density at radius 1 is 1.31 bits per heavy atom. The van der Waals surface area contributed by atoms with Crippen molar-refractivity contribution in [3.8, 4) is 0 Å². The molecule has 0 unspecified atom stereocenters. The Kier molecular flexibility index (Phi) is 6.99. The predicted octanol–water partition coefficient (Wildman–Crippen LogP) is 1.87. The summed E-state index contributed by atoms with van der Waals surface area (Å²) in [5.41, 5.74) is 7.19. The Morgan fingerprint density at radius 3 is 2.79 bits per heavy atom. The summed E-state index contributed by atoms with van der Waals surface area (Å²) in [5.74, 6) is 0.0405. The molecule has 1 atom stereocenters. The van der Waals surface area contributed by atoms with Gasteiger partial charge in [-0.05, 0) is 37.2 Å². The minimum Gasteiger partial charge on any atom is -0.444 e. The standard InChI is InChI=1S/C20H25N5O4/c1-28-11-10-25(20(27)29-15-8-9-22-13-15)18-7-6-14(12-23-18)19(26)24-17-5-3-2-4-16(17)21/h2-7,12,15,22H,8-11,13,21H2,1H3,(H,24,26)/t15-/m1/s1. The van der Waals surface area contributed by atoms with Crippen molar-refractivity contribution in [1.82, 2.24) is 10.3 Å². The van der Waals surface area contributed by atoms with E-state index < -0.39 is 6.09 Å². The van der Waals surface area contributed by atoms with Gasteiger partial charge in [-0.15, -0.1) is 0 Å². The summed E-state index contributed by atoms with van der Waals surface area (Å²) < 4.78 is 10.6. The molecule has 4 N–H and O–H groups in total. The van der Waals surface area contributed by atoms with Crippen LogP contribution in [0.3, 0.4) is 0 Å². The maximum atomic E-state index is 12.6. The molecular weight excluding hydrogens is 374 g/mol. The van der Waals surface area contributed by atoms with Crippen LogP contribution in [0, 0.1) is 0 Å². The van der Waals surface area contributed by atoms with Crippen molar-refractivity contribution in [2.45, 2.75) is 12.5 Å². The fourth-order valence-electron chi connectivity index (χ4n) is 2.90. The smallest absolute Gasteiger partial charge is 0.415 e. The third-order valence-corrected chi connectivity index (χ3v) is 4.52. The molecular formula is C20H25N5O4. The van der Waals surface area contributed by atoms with Crippen molar-refractivity contribution in [3.05, 3.63) is 48.2 Å². The van der Waals surface area contributed by atoms with Crippen LogP contribution >= 0.6 is 0 Å². The number of ether oxygens (including phenoxy) is 2. The Morgan fingerprint density at radius 2 is 2.14 bits per heavy atom. The van der Waals surface area contributed by atoms with Gasteiger partial charge in [0.2, 0.25) is 0 Å². The molecule has 0 bridgehead atoms. The minimum atomic E-state index is -0.488. The Hall–Kier alpha value is -3.17. The third kappa shape index (κ3) is 5.43. The van der Waals surface area contributed by atoms with Gasteiger partial charge in [0, 0.05) is 19.9 Å². The summed E-state index contributed by atoms with van der Waals surface area (Å²) in [6.45, 7) is 2.08. The quantitative estimate of drug-likeness (QED) is 0.608. The number of carbonyl (C=O) groups is 2. The lowest BCUT2D eigenvalue weighted by Crippen LogP contribution is -2.37. The summed E-state index contributed by atoms with van der Waals surface area (Å²) in [6, 6.07) is 10.2. The number of nitrogen functional groups attached to an aromatic ring is 1. The van der Waals surface area contributed by atoms with Crippen LogP contribution < -0.4 is 21.3 Å². The fraction of sp³-hybridized carbons (Fsp3) is 0.350. The molecule has 0 spiro atoms. The number of rotatable bonds is 7. The minimum absolute atomic E-state index is 0.158. The second-order valence-corrected chi connectivity index (χ2v) is 6.59. The van der Waals surface area contributed by atoms with Crippen LogP contribution in [0.25, 0.3) is 0 Å². The summed E-state index contributed by atoms with van der Waals surface area (Å²) in [4.78, 5) is 30.7. The van der Waals surface area contributed by atoms with Gasteiger partial charge in [-0.2, -0.15) is 0 Å². The molecule has 9 heteroatoms. The highest BCUT2D eigenvalue weighted by molar-refractivity contribution is 6.05. The van der Waals surface area contributed by atoms with Crippen LogP contribution in [-0.2, 0) is 9.47 Å². The lowest BCUT2D eigenvalue weighted by molar-refractivity contribution is 0.102. The van der Waals surface area contributed by atoms with E-state index in [1.807, 2.05) is 0 Å². The van der Waals surface area contributed by atoms with E-state index in [4.69, 9.17) is 15.2 Å². The molecule has 1 saturated heterocycles. The molecule has 1 aliphatic heterocycles. The number of amides is 2. The van der Waals surface area contributed by atoms with Crippen molar-refractivity contribution in [2.24, 2.45) is 0 Å².